The van der Waals surface area contributed by atoms with Crippen LogP contribution in [-0.2, 0) is 0 Å². The fraction of sp³-hybridized carbons (Fsp3) is 0.714. The minimum Gasteiger partial charge on any atom is -0.0882 e. The second-order valence-electron chi connectivity index (χ2n) is 5.03. The molecular formula is C14H25B. The summed E-state index contributed by atoms with van der Waals surface area (Å²) in [5.74, 6) is 0.790. The third-order valence-corrected chi connectivity index (χ3v) is 3.76. The molecule has 84 valence electrons. The summed E-state index contributed by atoms with van der Waals surface area (Å²) in [4.78, 5) is 0. The lowest BCUT2D eigenvalue weighted by Crippen LogP contribution is -1.98. The van der Waals surface area contributed by atoms with Crippen LogP contribution in [0.2, 0.25) is 5.82 Å². The van der Waals surface area contributed by atoms with Crippen molar-refractivity contribution in [3.63, 3.8) is 0 Å². The van der Waals surface area contributed by atoms with Crippen molar-refractivity contribution in [2.75, 3.05) is 0 Å². The Kier molecular flexibility index (Phi) is 5.82. The van der Waals surface area contributed by atoms with E-state index in [9.17, 15) is 0 Å². The van der Waals surface area contributed by atoms with E-state index in [0.29, 0.717) is 0 Å². The highest BCUT2D eigenvalue weighted by molar-refractivity contribution is 6.13. The van der Waals surface area contributed by atoms with Crippen molar-refractivity contribution >= 4 is 7.85 Å². The van der Waals surface area contributed by atoms with Crippen LogP contribution in [-0.4, -0.2) is 7.85 Å². The average molecular weight is 204 g/mol. The van der Waals surface area contributed by atoms with E-state index < -0.39 is 0 Å². The maximum absolute atomic E-state index is 2.38. The third kappa shape index (κ3) is 4.73. The fourth-order valence-electron chi connectivity index (χ4n) is 2.24. The average Bonchev–Trinajstić information content (AvgIpc) is 2.23. The van der Waals surface area contributed by atoms with Gasteiger partial charge < -0.3 is 0 Å². The largest absolute Gasteiger partial charge is 0.110 e. The molecule has 1 unspecified atom stereocenters. The molecule has 0 fully saturated rings. The molecule has 0 nitrogen and oxygen atoms in total. The Hall–Kier alpha value is -0.455. The normalized spacial score (nSPS) is 32.8. The Bertz CT molecular complexity index is 238. The second-order valence-corrected chi connectivity index (χ2v) is 5.03. The molecule has 0 aromatic carbocycles. The molecule has 1 rings (SSSR count). The van der Waals surface area contributed by atoms with Gasteiger partial charge in [-0.15, -0.1) is 0 Å². The molecule has 0 amide bonds. The molecule has 15 heavy (non-hydrogen) atoms. The summed E-state index contributed by atoms with van der Waals surface area (Å²) in [6, 6.07) is 0. The van der Waals surface area contributed by atoms with Gasteiger partial charge in [0.05, 0.1) is 0 Å². The predicted octanol–water partition coefficient (Wildman–Crippen LogP) is 4.04. The van der Waals surface area contributed by atoms with Crippen molar-refractivity contribution in [1.82, 2.24) is 0 Å². The molecule has 1 aliphatic carbocycles. The van der Waals surface area contributed by atoms with Crippen LogP contribution in [0.5, 0.6) is 0 Å². The molecular weight excluding hydrogens is 179 g/mol. The van der Waals surface area contributed by atoms with E-state index in [-0.39, 0.29) is 0 Å². The number of allylic oxidation sites excluding steroid dienone is 4. The molecule has 0 heterocycles. The molecule has 0 bridgehead atoms. The molecule has 0 aliphatic heterocycles. The standard InChI is InChI=1S/C14H25B/c1-12-10-8-6-4-3-5-7-9-11-14(15)13(12)2/h6,8,14H,3-5,7,9-11,15H2,1-2H3/b8-6-,13-12+. The highest BCUT2D eigenvalue weighted by Crippen LogP contribution is 2.26. The van der Waals surface area contributed by atoms with Gasteiger partial charge in [0.1, 0.15) is 7.85 Å². The summed E-state index contributed by atoms with van der Waals surface area (Å²) >= 11 is 0. The van der Waals surface area contributed by atoms with Crippen LogP contribution in [0.3, 0.4) is 0 Å². The van der Waals surface area contributed by atoms with Gasteiger partial charge in [0.2, 0.25) is 0 Å². The molecule has 0 aromatic heterocycles. The smallest absolute Gasteiger partial charge is 0.0882 e. The van der Waals surface area contributed by atoms with Crippen LogP contribution in [0.25, 0.3) is 0 Å². The summed E-state index contributed by atoms with van der Waals surface area (Å²) in [5.41, 5.74) is 3.21. The minimum atomic E-state index is 0.790. The van der Waals surface area contributed by atoms with Crippen LogP contribution in [0, 0.1) is 0 Å². The van der Waals surface area contributed by atoms with E-state index in [1.54, 1.807) is 11.1 Å². The van der Waals surface area contributed by atoms with Gasteiger partial charge in [0.15, 0.2) is 0 Å². The van der Waals surface area contributed by atoms with E-state index in [2.05, 4.69) is 33.8 Å². The zero-order valence-electron chi connectivity index (χ0n) is 10.7. The van der Waals surface area contributed by atoms with E-state index >= 15 is 0 Å². The van der Waals surface area contributed by atoms with Crippen LogP contribution < -0.4 is 0 Å². The highest BCUT2D eigenvalue weighted by Gasteiger charge is 2.07. The Morgan fingerprint density at radius 3 is 2.60 bits per heavy atom. The zero-order valence-corrected chi connectivity index (χ0v) is 10.7. The maximum Gasteiger partial charge on any atom is 0.110 e. The van der Waals surface area contributed by atoms with Crippen molar-refractivity contribution in [3.8, 4) is 0 Å². The van der Waals surface area contributed by atoms with Gasteiger partial charge in [0.25, 0.3) is 0 Å². The Balaban J connectivity index is 2.61. The van der Waals surface area contributed by atoms with Crippen molar-refractivity contribution in [3.05, 3.63) is 23.3 Å². The molecule has 1 heteroatoms. The van der Waals surface area contributed by atoms with Crippen LogP contribution in [0.4, 0.5) is 0 Å². The molecule has 0 radical (unpaired) electrons. The summed E-state index contributed by atoms with van der Waals surface area (Å²) < 4.78 is 0. The third-order valence-electron chi connectivity index (χ3n) is 3.76. The summed E-state index contributed by atoms with van der Waals surface area (Å²) in [6.07, 6.45) is 14.2. The maximum atomic E-state index is 2.38. The molecule has 0 saturated heterocycles. The monoisotopic (exact) mass is 204 g/mol. The van der Waals surface area contributed by atoms with Crippen LogP contribution in [0.1, 0.15) is 58.8 Å². The fourth-order valence-corrected chi connectivity index (χ4v) is 2.24. The van der Waals surface area contributed by atoms with Crippen LogP contribution >= 0.6 is 0 Å². The molecule has 0 spiro atoms. The quantitative estimate of drug-likeness (QED) is 0.412. The first kappa shape index (κ1) is 12.6. The van der Waals surface area contributed by atoms with E-state index in [0.717, 1.165) is 12.2 Å². The van der Waals surface area contributed by atoms with Crippen molar-refractivity contribution in [1.29, 1.82) is 0 Å². The van der Waals surface area contributed by atoms with Gasteiger partial charge in [-0.2, -0.15) is 0 Å². The van der Waals surface area contributed by atoms with Gasteiger partial charge in [-0.25, -0.2) is 0 Å². The molecule has 0 N–H and O–H groups in total. The first-order valence-corrected chi connectivity index (χ1v) is 6.53. The van der Waals surface area contributed by atoms with Crippen molar-refractivity contribution < 1.29 is 0 Å². The van der Waals surface area contributed by atoms with Crippen LogP contribution in [0.15, 0.2) is 23.3 Å². The van der Waals surface area contributed by atoms with Crippen molar-refractivity contribution in [2.45, 2.75) is 64.6 Å². The Morgan fingerprint density at radius 2 is 1.80 bits per heavy atom. The Labute approximate surface area is 96.3 Å². The molecule has 1 atom stereocenters. The van der Waals surface area contributed by atoms with Gasteiger partial charge in [-0.05, 0) is 38.9 Å². The number of hydrogen-bond acceptors (Lipinski definition) is 0. The summed E-state index contributed by atoms with van der Waals surface area (Å²) in [6.45, 7) is 4.61. The lowest BCUT2D eigenvalue weighted by Gasteiger charge is -2.15. The van der Waals surface area contributed by atoms with Gasteiger partial charge in [0, 0.05) is 0 Å². The SMILES string of the molecule is BC1CCCCCC/C=C\C/C(C)=C/1C. The summed E-state index contributed by atoms with van der Waals surface area (Å²) in [5, 5.41) is 0. The van der Waals surface area contributed by atoms with E-state index in [1.165, 1.54) is 38.5 Å². The van der Waals surface area contributed by atoms with E-state index in [4.69, 9.17) is 0 Å². The lowest BCUT2D eigenvalue weighted by molar-refractivity contribution is 0.613. The van der Waals surface area contributed by atoms with Gasteiger partial charge in [-0.1, -0.05) is 49.0 Å². The lowest BCUT2D eigenvalue weighted by atomic mass is 9.75. The molecule has 1 aliphatic rings. The van der Waals surface area contributed by atoms with E-state index in [1.807, 2.05) is 0 Å². The minimum absolute atomic E-state index is 0.790. The molecule has 0 saturated carbocycles. The predicted molar refractivity (Wildman–Crippen MR) is 72.1 cm³/mol. The first-order valence-electron chi connectivity index (χ1n) is 6.53. The summed E-state index contributed by atoms with van der Waals surface area (Å²) in [7, 11) is 2.38. The first-order chi connectivity index (χ1) is 7.22. The Morgan fingerprint density at radius 1 is 1.07 bits per heavy atom. The second kappa shape index (κ2) is 6.92. The van der Waals surface area contributed by atoms with Gasteiger partial charge in [-0.3, -0.25) is 0 Å². The van der Waals surface area contributed by atoms with Gasteiger partial charge >= 0.3 is 0 Å². The highest BCUT2D eigenvalue weighted by atomic mass is 14.1. The zero-order chi connectivity index (χ0) is 11.1. The molecule has 0 aromatic rings. The van der Waals surface area contributed by atoms with Crippen molar-refractivity contribution in [2.24, 2.45) is 0 Å². The topological polar surface area (TPSA) is 0 Å². The number of rotatable bonds is 0. The number of hydrogen-bond donors (Lipinski definition) is 0.